The van der Waals surface area contributed by atoms with Gasteiger partial charge in [0.25, 0.3) is 6.10 Å². The van der Waals surface area contributed by atoms with E-state index < -0.39 is 0 Å². The molecule has 0 aromatic rings. The third-order valence-electron chi connectivity index (χ3n) is 6.85. The van der Waals surface area contributed by atoms with E-state index in [1.54, 1.807) is 12.5 Å². The Labute approximate surface area is 197 Å². The highest BCUT2D eigenvalue weighted by Crippen LogP contribution is 2.19. The predicted molar refractivity (Wildman–Crippen MR) is 135 cm³/mol. The fraction of sp³-hybridized carbons (Fsp3) is 0.750. The van der Waals surface area contributed by atoms with E-state index in [0.717, 1.165) is 19.1 Å². The Morgan fingerprint density at radius 1 is 0.750 bits per heavy atom. The molecule has 0 aromatic heterocycles. The summed E-state index contributed by atoms with van der Waals surface area (Å²) in [5, 5.41) is 0. The third kappa shape index (κ3) is 12.0. The zero-order chi connectivity index (χ0) is 23.9. The van der Waals surface area contributed by atoms with Crippen LogP contribution in [0.3, 0.4) is 0 Å². The summed E-state index contributed by atoms with van der Waals surface area (Å²) >= 11 is 0. The molecule has 32 heavy (non-hydrogen) atoms. The molecule has 0 aliphatic carbocycles. The van der Waals surface area contributed by atoms with Gasteiger partial charge in [-0.15, -0.1) is 0 Å². The quantitative estimate of drug-likeness (QED) is 0.235. The average Bonchev–Trinajstić information content (AvgIpc) is 2.78. The molecule has 0 amide bonds. The molecule has 4 nitrogen and oxygen atoms in total. The lowest BCUT2D eigenvalue weighted by molar-refractivity contribution is -0.501. The number of ether oxygens (including phenoxy) is 3. The summed E-state index contributed by atoms with van der Waals surface area (Å²) in [6.45, 7) is 19.0. The smallest absolute Gasteiger partial charge is 0.308 e. The highest BCUT2D eigenvalue weighted by molar-refractivity contribution is 5.65. The van der Waals surface area contributed by atoms with Crippen LogP contribution in [0, 0.1) is 23.7 Å². The zero-order valence-electron chi connectivity index (χ0n) is 21.8. The van der Waals surface area contributed by atoms with Crippen molar-refractivity contribution in [2.75, 3.05) is 13.2 Å². The van der Waals surface area contributed by atoms with Crippen LogP contribution >= 0.6 is 0 Å². The summed E-state index contributed by atoms with van der Waals surface area (Å²) in [5.41, 5.74) is 0. The predicted octanol–water partition coefficient (Wildman–Crippen LogP) is 6.68. The van der Waals surface area contributed by atoms with Crippen molar-refractivity contribution in [1.29, 1.82) is 0 Å². The van der Waals surface area contributed by atoms with E-state index >= 15 is 0 Å². The molecular weight excluding hydrogens is 400 g/mol. The van der Waals surface area contributed by atoms with Crippen molar-refractivity contribution in [2.24, 2.45) is 23.7 Å². The van der Waals surface area contributed by atoms with Gasteiger partial charge in [-0.25, -0.2) is 0 Å². The first-order valence-electron chi connectivity index (χ1n) is 12.6. The largest absolute Gasteiger partial charge is 0.498 e. The molecular formula is C28H49O4+. The number of allylic oxidation sites excluding steroid dienone is 2. The van der Waals surface area contributed by atoms with Gasteiger partial charge in [0, 0.05) is 25.5 Å². The van der Waals surface area contributed by atoms with Crippen molar-refractivity contribution in [1.82, 2.24) is 0 Å². The van der Waals surface area contributed by atoms with Gasteiger partial charge >= 0.3 is 6.29 Å². The molecule has 4 rings (SSSR count). The van der Waals surface area contributed by atoms with Gasteiger partial charge in [-0.1, -0.05) is 39.0 Å². The molecule has 4 heteroatoms. The van der Waals surface area contributed by atoms with Crippen molar-refractivity contribution >= 4 is 6.29 Å². The standard InChI is InChI=1S/C7H14O.2C7H12O.C7H11O/c4*1-6-4-3-5-8-7(6)2/h6-7H,3-5H2,1-2H3;3,5-7H,4H2,1-2H3;3-4,6-7H,5H2,1-2H3;3-7H,1-2H3/q;;;+1. The van der Waals surface area contributed by atoms with Gasteiger partial charge in [0.2, 0.25) is 0 Å². The Morgan fingerprint density at radius 3 is 1.88 bits per heavy atom. The van der Waals surface area contributed by atoms with Gasteiger partial charge in [0.05, 0.1) is 37.1 Å². The molecule has 0 bridgehead atoms. The van der Waals surface area contributed by atoms with E-state index in [1.807, 2.05) is 6.08 Å². The number of aldehydes is 1. The number of hydrogen-bond acceptors (Lipinski definition) is 3. The van der Waals surface area contributed by atoms with Crippen LogP contribution in [0.4, 0.5) is 0 Å². The second-order valence-electron chi connectivity index (χ2n) is 9.67. The Morgan fingerprint density at radius 2 is 1.50 bits per heavy atom. The summed E-state index contributed by atoms with van der Waals surface area (Å²) in [6.07, 6.45) is 19.5. The summed E-state index contributed by atoms with van der Waals surface area (Å²) < 4.78 is 21.1. The van der Waals surface area contributed by atoms with E-state index in [1.165, 1.54) is 19.3 Å². The Hall–Kier alpha value is -1.39. The van der Waals surface area contributed by atoms with E-state index in [-0.39, 0.29) is 0 Å². The second kappa shape index (κ2) is 16.3. The van der Waals surface area contributed by atoms with E-state index in [2.05, 4.69) is 79.7 Å². The molecule has 0 aromatic carbocycles. The lowest BCUT2D eigenvalue weighted by Crippen LogP contribution is -2.23. The summed E-state index contributed by atoms with van der Waals surface area (Å²) in [4.78, 5) is 0. The van der Waals surface area contributed by atoms with Crippen LogP contribution < -0.4 is 0 Å². The Bertz CT molecular complexity index is 556. The van der Waals surface area contributed by atoms with Crippen molar-refractivity contribution < 1.29 is 18.6 Å². The maximum absolute atomic E-state index is 5.39. The first-order valence-corrected chi connectivity index (χ1v) is 12.6. The van der Waals surface area contributed by atoms with Gasteiger partial charge < -0.3 is 14.2 Å². The molecule has 8 unspecified atom stereocenters. The zero-order valence-corrected chi connectivity index (χ0v) is 21.8. The van der Waals surface area contributed by atoms with Gasteiger partial charge in [-0.05, 0) is 64.9 Å². The highest BCUT2D eigenvalue weighted by Gasteiger charge is 2.18. The Balaban J connectivity index is 0.000000213. The molecule has 184 valence electrons. The minimum atomic E-state index is 0.361. The number of rotatable bonds is 0. The lowest BCUT2D eigenvalue weighted by Gasteiger charge is -2.25. The summed E-state index contributed by atoms with van der Waals surface area (Å²) in [7, 11) is 0. The van der Waals surface area contributed by atoms with Gasteiger partial charge in [0.1, 0.15) is 0 Å². The SMILES string of the molecule is CC1C=CC=[O+]C1C.CC1C=CCOC1C.CC1CC=COC1C.CC1CCCOC1C. The van der Waals surface area contributed by atoms with Crippen molar-refractivity contribution in [3.63, 3.8) is 0 Å². The molecule has 1 saturated heterocycles. The highest BCUT2D eigenvalue weighted by atomic mass is 16.5. The van der Waals surface area contributed by atoms with Gasteiger partial charge in [-0.3, -0.25) is 4.42 Å². The van der Waals surface area contributed by atoms with E-state index in [0.29, 0.717) is 42.2 Å². The van der Waals surface area contributed by atoms with E-state index in [9.17, 15) is 0 Å². The van der Waals surface area contributed by atoms with Crippen LogP contribution in [0.25, 0.3) is 0 Å². The van der Waals surface area contributed by atoms with E-state index in [4.69, 9.17) is 18.6 Å². The molecule has 4 heterocycles. The number of carbonyl (C=O) groups excluding carboxylic acids is 1. The third-order valence-corrected chi connectivity index (χ3v) is 6.85. The van der Waals surface area contributed by atoms with Crippen molar-refractivity contribution in [3.05, 3.63) is 36.6 Å². The monoisotopic (exact) mass is 449 g/mol. The molecule has 0 radical (unpaired) electrons. The van der Waals surface area contributed by atoms with Crippen molar-refractivity contribution in [2.45, 2.75) is 99.1 Å². The molecule has 4 aliphatic heterocycles. The van der Waals surface area contributed by atoms with Crippen LogP contribution in [0.5, 0.6) is 0 Å². The summed E-state index contributed by atoms with van der Waals surface area (Å²) in [5.74, 6) is 2.65. The van der Waals surface area contributed by atoms with Crippen LogP contribution in [-0.2, 0) is 18.6 Å². The van der Waals surface area contributed by atoms with Crippen LogP contribution in [0.15, 0.2) is 36.6 Å². The summed E-state index contributed by atoms with van der Waals surface area (Å²) in [6, 6.07) is 0. The average molecular weight is 450 g/mol. The van der Waals surface area contributed by atoms with Crippen molar-refractivity contribution in [3.8, 4) is 0 Å². The molecule has 8 atom stereocenters. The number of hydrogen-bond donors (Lipinski definition) is 0. The van der Waals surface area contributed by atoms with Crippen LogP contribution in [-0.4, -0.2) is 43.9 Å². The topological polar surface area (TPSA) is 39.0 Å². The van der Waals surface area contributed by atoms with Crippen LogP contribution in [0.2, 0.25) is 0 Å². The molecule has 0 N–H and O–H groups in total. The first kappa shape index (κ1) is 28.6. The molecule has 4 aliphatic rings. The lowest BCUT2D eigenvalue weighted by atomic mass is 9.98. The Kier molecular flexibility index (Phi) is 14.6. The molecule has 0 spiro atoms. The van der Waals surface area contributed by atoms with Gasteiger partial charge in [-0.2, -0.15) is 0 Å². The second-order valence-corrected chi connectivity index (χ2v) is 9.67. The normalized spacial score (nSPS) is 37.5. The minimum absolute atomic E-state index is 0.361. The van der Waals surface area contributed by atoms with Crippen LogP contribution in [0.1, 0.15) is 74.7 Å². The fourth-order valence-electron chi connectivity index (χ4n) is 3.31. The molecule has 1 fully saturated rings. The maximum Gasteiger partial charge on any atom is 0.308 e. The molecule has 0 saturated carbocycles. The fourth-order valence-corrected chi connectivity index (χ4v) is 3.31. The minimum Gasteiger partial charge on any atom is -0.498 e. The van der Waals surface area contributed by atoms with Gasteiger partial charge in [0.15, 0.2) is 0 Å². The first-order chi connectivity index (χ1) is 15.2. The maximum atomic E-state index is 5.39.